The van der Waals surface area contributed by atoms with Crippen LogP contribution in [0.15, 0.2) is 53.1 Å². The average molecular weight is 245 g/mol. The second kappa shape index (κ2) is 6.38. The van der Waals surface area contributed by atoms with Crippen molar-refractivity contribution in [1.29, 1.82) is 0 Å². The van der Waals surface area contributed by atoms with Gasteiger partial charge in [0.05, 0.1) is 6.26 Å². The lowest BCUT2D eigenvalue weighted by Crippen LogP contribution is -2.20. The van der Waals surface area contributed by atoms with Crippen LogP contribution in [0.2, 0.25) is 0 Å². The van der Waals surface area contributed by atoms with Gasteiger partial charge in [0, 0.05) is 13.1 Å². The fourth-order valence-corrected chi connectivity index (χ4v) is 1.94. The van der Waals surface area contributed by atoms with Crippen LogP contribution in [0.4, 0.5) is 0 Å². The Balaban J connectivity index is 1.77. The average Bonchev–Trinajstić information content (AvgIpc) is 2.91. The summed E-state index contributed by atoms with van der Waals surface area (Å²) in [6.07, 6.45) is 1.75. The lowest BCUT2D eigenvalue weighted by molar-refractivity contribution is 0.124. The minimum absolute atomic E-state index is 0.516. The summed E-state index contributed by atoms with van der Waals surface area (Å²) >= 11 is 0. The van der Waals surface area contributed by atoms with E-state index < -0.39 is 6.10 Å². The molecule has 0 fully saturated rings. The maximum atomic E-state index is 9.90. The number of furan rings is 1. The molecule has 3 nitrogen and oxygen atoms in total. The number of nitrogens with zero attached hydrogens (tertiary/aromatic N) is 1. The molecule has 96 valence electrons. The van der Waals surface area contributed by atoms with Crippen LogP contribution in [0, 0.1) is 0 Å². The topological polar surface area (TPSA) is 36.6 Å². The standard InChI is InChI=1S/C15H19NO2/c1-16(12-13-6-3-2-4-7-13)10-9-14(17)15-8-5-11-18-15/h2-8,11,14,17H,9-10,12H2,1H3/t14-/m1/s1. The lowest BCUT2D eigenvalue weighted by atomic mass is 10.2. The molecule has 0 saturated carbocycles. The van der Waals surface area contributed by atoms with Gasteiger partial charge < -0.3 is 14.4 Å². The van der Waals surface area contributed by atoms with E-state index in [2.05, 4.69) is 24.1 Å². The van der Waals surface area contributed by atoms with Gasteiger partial charge in [0.1, 0.15) is 11.9 Å². The first-order valence-corrected chi connectivity index (χ1v) is 6.19. The Morgan fingerprint density at radius 1 is 1.17 bits per heavy atom. The molecule has 1 aromatic carbocycles. The number of aliphatic hydroxyl groups is 1. The molecule has 1 atom stereocenters. The highest BCUT2D eigenvalue weighted by atomic mass is 16.4. The zero-order chi connectivity index (χ0) is 12.8. The Hall–Kier alpha value is -1.58. The molecule has 0 unspecified atom stereocenters. The molecule has 2 rings (SSSR count). The summed E-state index contributed by atoms with van der Waals surface area (Å²) in [5.41, 5.74) is 1.28. The predicted octanol–water partition coefficient (Wildman–Crippen LogP) is 2.84. The Kier molecular flexibility index (Phi) is 4.56. The fraction of sp³-hybridized carbons (Fsp3) is 0.333. The van der Waals surface area contributed by atoms with Crippen molar-refractivity contribution in [2.75, 3.05) is 13.6 Å². The van der Waals surface area contributed by atoms with Crippen LogP contribution in [0.3, 0.4) is 0 Å². The molecule has 0 radical (unpaired) electrons. The monoisotopic (exact) mass is 245 g/mol. The van der Waals surface area contributed by atoms with Crippen molar-refractivity contribution in [1.82, 2.24) is 4.90 Å². The number of aliphatic hydroxyl groups excluding tert-OH is 1. The molecule has 0 spiro atoms. The molecule has 1 aromatic heterocycles. The van der Waals surface area contributed by atoms with Crippen LogP contribution in [0.1, 0.15) is 23.8 Å². The minimum atomic E-state index is -0.516. The van der Waals surface area contributed by atoms with Crippen molar-refractivity contribution in [3.63, 3.8) is 0 Å². The first-order valence-electron chi connectivity index (χ1n) is 6.19. The zero-order valence-corrected chi connectivity index (χ0v) is 10.6. The molecule has 0 aliphatic rings. The van der Waals surface area contributed by atoms with Crippen molar-refractivity contribution in [2.45, 2.75) is 19.1 Å². The minimum Gasteiger partial charge on any atom is -0.467 e. The fourth-order valence-electron chi connectivity index (χ4n) is 1.94. The number of hydrogen-bond donors (Lipinski definition) is 1. The molecule has 1 N–H and O–H groups in total. The van der Waals surface area contributed by atoms with Crippen molar-refractivity contribution < 1.29 is 9.52 Å². The molecule has 0 saturated heterocycles. The van der Waals surface area contributed by atoms with Crippen LogP contribution >= 0.6 is 0 Å². The van der Waals surface area contributed by atoms with Crippen LogP contribution in [0.25, 0.3) is 0 Å². The molecule has 3 heteroatoms. The van der Waals surface area contributed by atoms with Gasteiger partial charge in [-0.2, -0.15) is 0 Å². The maximum Gasteiger partial charge on any atom is 0.132 e. The van der Waals surface area contributed by atoms with Gasteiger partial charge in [-0.1, -0.05) is 30.3 Å². The van der Waals surface area contributed by atoms with Crippen LogP contribution in [-0.4, -0.2) is 23.6 Å². The van der Waals surface area contributed by atoms with E-state index in [4.69, 9.17) is 4.42 Å². The quantitative estimate of drug-likeness (QED) is 0.850. The third-order valence-electron chi connectivity index (χ3n) is 2.95. The summed E-state index contributed by atoms with van der Waals surface area (Å²) in [6, 6.07) is 13.9. The zero-order valence-electron chi connectivity index (χ0n) is 10.6. The summed E-state index contributed by atoms with van der Waals surface area (Å²) < 4.78 is 5.18. The molecule has 2 aromatic rings. The predicted molar refractivity (Wildman–Crippen MR) is 71.1 cm³/mol. The first-order chi connectivity index (χ1) is 8.75. The third-order valence-corrected chi connectivity index (χ3v) is 2.95. The molecule has 18 heavy (non-hydrogen) atoms. The number of benzene rings is 1. The molecular weight excluding hydrogens is 226 g/mol. The largest absolute Gasteiger partial charge is 0.467 e. The smallest absolute Gasteiger partial charge is 0.132 e. The SMILES string of the molecule is CN(CC[C@@H](O)c1ccco1)Cc1ccccc1. The highest BCUT2D eigenvalue weighted by molar-refractivity contribution is 5.14. The molecule has 0 amide bonds. The third kappa shape index (κ3) is 3.72. The van der Waals surface area contributed by atoms with Crippen LogP contribution in [0.5, 0.6) is 0 Å². The Morgan fingerprint density at radius 3 is 2.61 bits per heavy atom. The van der Waals surface area contributed by atoms with Gasteiger partial charge in [-0.15, -0.1) is 0 Å². The summed E-state index contributed by atoms with van der Waals surface area (Å²) in [7, 11) is 2.06. The van der Waals surface area contributed by atoms with Crippen molar-refractivity contribution in [3.05, 3.63) is 60.1 Å². The Bertz CT molecular complexity index is 439. The Labute approximate surface area is 108 Å². The summed E-state index contributed by atoms with van der Waals surface area (Å²) in [5, 5.41) is 9.90. The van der Waals surface area contributed by atoms with Crippen molar-refractivity contribution in [3.8, 4) is 0 Å². The first kappa shape index (κ1) is 12.9. The Morgan fingerprint density at radius 2 is 1.94 bits per heavy atom. The van der Waals surface area contributed by atoms with Crippen molar-refractivity contribution in [2.24, 2.45) is 0 Å². The lowest BCUT2D eigenvalue weighted by Gasteiger charge is -2.18. The summed E-state index contributed by atoms with van der Waals surface area (Å²) in [4.78, 5) is 2.20. The van der Waals surface area contributed by atoms with E-state index in [0.717, 1.165) is 13.1 Å². The van der Waals surface area contributed by atoms with E-state index in [1.54, 1.807) is 12.3 Å². The number of rotatable bonds is 6. The molecular formula is C15H19NO2. The van der Waals surface area contributed by atoms with E-state index in [9.17, 15) is 5.11 Å². The van der Waals surface area contributed by atoms with Gasteiger partial charge >= 0.3 is 0 Å². The van der Waals surface area contributed by atoms with E-state index >= 15 is 0 Å². The van der Waals surface area contributed by atoms with Gasteiger partial charge in [-0.25, -0.2) is 0 Å². The van der Waals surface area contributed by atoms with Crippen LogP contribution in [-0.2, 0) is 6.54 Å². The molecule has 0 aliphatic heterocycles. The summed E-state index contributed by atoms with van der Waals surface area (Å²) in [6.45, 7) is 1.72. The maximum absolute atomic E-state index is 9.90. The normalized spacial score (nSPS) is 12.8. The van der Waals surface area contributed by atoms with Gasteiger partial charge in [-0.05, 0) is 31.2 Å². The number of hydrogen-bond acceptors (Lipinski definition) is 3. The van der Waals surface area contributed by atoms with Gasteiger partial charge in [0.25, 0.3) is 0 Å². The molecule has 0 aliphatic carbocycles. The highest BCUT2D eigenvalue weighted by Gasteiger charge is 2.11. The van der Waals surface area contributed by atoms with Crippen molar-refractivity contribution >= 4 is 0 Å². The van der Waals surface area contributed by atoms with E-state index in [-0.39, 0.29) is 0 Å². The molecule has 1 heterocycles. The van der Waals surface area contributed by atoms with Gasteiger partial charge in [-0.3, -0.25) is 0 Å². The van der Waals surface area contributed by atoms with Crippen LogP contribution < -0.4 is 0 Å². The highest BCUT2D eigenvalue weighted by Crippen LogP contribution is 2.17. The second-order valence-electron chi connectivity index (χ2n) is 4.54. The van der Waals surface area contributed by atoms with E-state index in [1.807, 2.05) is 24.3 Å². The second-order valence-corrected chi connectivity index (χ2v) is 4.54. The van der Waals surface area contributed by atoms with Gasteiger partial charge in [0.15, 0.2) is 0 Å². The van der Waals surface area contributed by atoms with E-state index in [0.29, 0.717) is 12.2 Å². The summed E-state index contributed by atoms with van der Waals surface area (Å²) in [5.74, 6) is 0.642. The molecule has 0 bridgehead atoms. The van der Waals surface area contributed by atoms with Gasteiger partial charge in [0.2, 0.25) is 0 Å². The van der Waals surface area contributed by atoms with E-state index in [1.165, 1.54) is 5.56 Å².